The molecule has 5 nitrogen and oxygen atoms in total. The molecule has 0 saturated carbocycles. The van der Waals surface area contributed by atoms with Crippen molar-refractivity contribution < 1.29 is 17.2 Å². The molecular formula is C14H15F2N3O2S2. The van der Waals surface area contributed by atoms with Crippen LogP contribution >= 0.6 is 11.3 Å². The number of benzene rings is 1. The highest BCUT2D eigenvalue weighted by Crippen LogP contribution is 2.25. The molecule has 2 heterocycles. The average molecular weight is 359 g/mol. The normalized spacial score (nSPS) is 16.7. The minimum atomic E-state index is -4.04. The van der Waals surface area contributed by atoms with E-state index in [1.807, 2.05) is 11.8 Å². The van der Waals surface area contributed by atoms with Gasteiger partial charge in [0.2, 0.25) is 10.0 Å². The monoisotopic (exact) mass is 359 g/mol. The van der Waals surface area contributed by atoms with Crippen LogP contribution in [0.15, 0.2) is 29.3 Å². The van der Waals surface area contributed by atoms with Crippen LogP contribution in [0.3, 0.4) is 0 Å². The van der Waals surface area contributed by atoms with Gasteiger partial charge in [-0.25, -0.2) is 22.2 Å². The highest BCUT2D eigenvalue weighted by Gasteiger charge is 2.31. The zero-order valence-corrected chi connectivity index (χ0v) is 14.0. The third-order valence-corrected chi connectivity index (χ3v) is 6.52. The topological polar surface area (TPSA) is 53.5 Å². The van der Waals surface area contributed by atoms with E-state index < -0.39 is 26.6 Å². The second-order valence-electron chi connectivity index (χ2n) is 5.22. The molecule has 0 aliphatic carbocycles. The molecule has 1 aliphatic rings. The van der Waals surface area contributed by atoms with Gasteiger partial charge < -0.3 is 4.90 Å². The second kappa shape index (κ2) is 6.14. The fourth-order valence-corrected chi connectivity index (χ4v) is 4.73. The lowest BCUT2D eigenvalue weighted by Crippen LogP contribution is -2.48. The van der Waals surface area contributed by atoms with Gasteiger partial charge in [-0.15, -0.1) is 11.3 Å². The van der Waals surface area contributed by atoms with Gasteiger partial charge >= 0.3 is 0 Å². The van der Waals surface area contributed by atoms with Crippen LogP contribution in [0.25, 0.3) is 0 Å². The Morgan fingerprint density at radius 1 is 1.17 bits per heavy atom. The van der Waals surface area contributed by atoms with Gasteiger partial charge in [-0.05, 0) is 25.1 Å². The van der Waals surface area contributed by atoms with Crippen LogP contribution in [0.5, 0.6) is 0 Å². The zero-order chi connectivity index (χ0) is 16.6. The summed E-state index contributed by atoms with van der Waals surface area (Å²) < 4.78 is 53.2. The summed E-state index contributed by atoms with van der Waals surface area (Å²) in [6, 6.07) is 2.45. The van der Waals surface area contributed by atoms with Crippen molar-refractivity contribution in [1.29, 1.82) is 0 Å². The molecule has 0 radical (unpaired) electrons. The van der Waals surface area contributed by atoms with Crippen molar-refractivity contribution in [2.75, 3.05) is 31.1 Å². The summed E-state index contributed by atoms with van der Waals surface area (Å²) in [6.07, 6.45) is 1.77. The summed E-state index contributed by atoms with van der Waals surface area (Å²) in [5, 5.41) is 0.844. The first kappa shape index (κ1) is 16.3. The van der Waals surface area contributed by atoms with Crippen molar-refractivity contribution in [3.63, 3.8) is 0 Å². The lowest BCUT2D eigenvalue weighted by molar-refractivity contribution is 0.382. The van der Waals surface area contributed by atoms with E-state index in [0.717, 1.165) is 28.2 Å². The minimum absolute atomic E-state index is 0.205. The van der Waals surface area contributed by atoms with Gasteiger partial charge in [0.1, 0.15) is 16.5 Å². The van der Waals surface area contributed by atoms with Gasteiger partial charge in [-0.3, -0.25) is 0 Å². The molecule has 0 bridgehead atoms. The van der Waals surface area contributed by atoms with Crippen LogP contribution in [0.2, 0.25) is 0 Å². The Morgan fingerprint density at radius 2 is 1.87 bits per heavy atom. The number of aromatic nitrogens is 1. The van der Waals surface area contributed by atoms with Gasteiger partial charge in [0.15, 0.2) is 5.13 Å². The molecule has 1 fully saturated rings. The number of hydrogen-bond donors (Lipinski definition) is 0. The van der Waals surface area contributed by atoms with Crippen molar-refractivity contribution in [2.24, 2.45) is 0 Å². The summed E-state index contributed by atoms with van der Waals surface area (Å²) in [4.78, 5) is 6.73. The predicted octanol–water partition coefficient (Wildman–Crippen LogP) is 2.24. The van der Waals surface area contributed by atoms with Gasteiger partial charge in [0.05, 0.1) is 0 Å². The van der Waals surface area contributed by atoms with Crippen molar-refractivity contribution in [3.05, 3.63) is 40.9 Å². The van der Waals surface area contributed by atoms with Crippen LogP contribution in [0, 0.1) is 18.6 Å². The molecule has 3 rings (SSSR count). The van der Waals surface area contributed by atoms with Crippen molar-refractivity contribution >= 4 is 26.5 Å². The Morgan fingerprint density at radius 3 is 2.48 bits per heavy atom. The number of hydrogen-bond acceptors (Lipinski definition) is 5. The molecule has 0 spiro atoms. The van der Waals surface area contributed by atoms with E-state index >= 15 is 0 Å². The lowest BCUT2D eigenvalue weighted by atomic mass is 10.3. The van der Waals surface area contributed by atoms with Gasteiger partial charge in [-0.2, -0.15) is 4.31 Å². The summed E-state index contributed by atoms with van der Waals surface area (Å²) in [5.74, 6) is -1.72. The molecule has 2 aromatic rings. The fourth-order valence-electron chi connectivity index (χ4n) is 2.42. The average Bonchev–Trinajstić information content (AvgIpc) is 2.96. The number of nitrogens with zero attached hydrogens (tertiary/aromatic N) is 3. The molecule has 0 atom stereocenters. The smallest absolute Gasteiger partial charge is 0.246 e. The standard InChI is InChI=1S/C14H15F2N3O2S2/c1-10-9-17-14(22-10)18-4-6-19(7-5-18)23(20,21)13-8-11(15)2-3-12(13)16/h2-3,8-9H,4-7H2,1H3. The number of anilines is 1. The summed E-state index contributed by atoms with van der Waals surface area (Å²) in [6.45, 7) is 3.29. The zero-order valence-electron chi connectivity index (χ0n) is 12.4. The fraction of sp³-hybridized carbons (Fsp3) is 0.357. The third kappa shape index (κ3) is 3.22. The van der Waals surface area contributed by atoms with Crippen LogP contribution in [-0.4, -0.2) is 43.9 Å². The molecule has 1 saturated heterocycles. The van der Waals surface area contributed by atoms with Gasteiger partial charge in [0, 0.05) is 37.3 Å². The number of piperazine rings is 1. The molecule has 23 heavy (non-hydrogen) atoms. The molecule has 0 N–H and O–H groups in total. The van der Waals surface area contributed by atoms with E-state index in [1.54, 1.807) is 17.5 Å². The maximum absolute atomic E-state index is 13.8. The van der Waals surface area contributed by atoms with Gasteiger partial charge in [-0.1, -0.05) is 0 Å². The Hall–Kier alpha value is -1.58. The summed E-state index contributed by atoms with van der Waals surface area (Å²) in [5.41, 5.74) is 0. The van der Waals surface area contributed by atoms with Crippen LogP contribution in [0.4, 0.5) is 13.9 Å². The Kier molecular flexibility index (Phi) is 4.35. The van der Waals surface area contributed by atoms with E-state index in [2.05, 4.69) is 4.98 Å². The maximum atomic E-state index is 13.8. The Labute approximate surface area is 137 Å². The molecule has 9 heteroatoms. The number of sulfonamides is 1. The maximum Gasteiger partial charge on any atom is 0.246 e. The SMILES string of the molecule is Cc1cnc(N2CCN(S(=O)(=O)c3cc(F)ccc3F)CC2)s1. The number of halogens is 2. The molecule has 124 valence electrons. The highest BCUT2D eigenvalue weighted by molar-refractivity contribution is 7.89. The molecule has 0 unspecified atom stereocenters. The number of rotatable bonds is 3. The highest BCUT2D eigenvalue weighted by atomic mass is 32.2. The molecule has 0 amide bonds. The molecule has 1 aromatic heterocycles. The van der Waals surface area contributed by atoms with Crippen molar-refractivity contribution in [2.45, 2.75) is 11.8 Å². The lowest BCUT2D eigenvalue weighted by Gasteiger charge is -2.33. The van der Waals surface area contributed by atoms with E-state index in [9.17, 15) is 17.2 Å². The molecule has 1 aromatic carbocycles. The largest absolute Gasteiger partial charge is 0.345 e. The first-order valence-electron chi connectivity index (χ1n) is 7.00. The van der Waals surface area contributed by atoms with Crippen LogP contribution in [-0.2, 0) is 10.0 Å². The van der Waals surface area contributed by atoms with Crippen molar-refractivity contribution in [3.8, 4) is 0 Å². The van der Waals surface area contributed by atoms with E-state index in [1.165, 1.54) is 4.31 Å². The first-order chi connectivity index (χ1) is 10.9. The summed E-state index contributed by atoms with van der Waals surface area (Å²) >= 11 is 1.54. The molecule has 1 aliphatic heterocycles. The summed E-state index contributed by atoms with van der Waals surface area (Å²) in [7, 11) is -4.04. The van der Waals surface area contributed by atoms with Crippen LogP contribution in [0.1, 0.15) is 4.88 Å². The van der Waals surface area contributed by atoms with Gasteiger partial charge in [0.25, 0.3) is 0 Å². The first-order valence-corrected chi connectivity index (χ1v) is 9.26. The quantitative estimate of drug-likeness (QED) is 0.843. The number of thiazole rings is 1. The van der Waals surface area contributed by atoms with Crippen molar-refractivity contribution in [1.82, 2.24) is 9.29 Å². The Balaban J connectivity index is 1.77. The predicted molar refractivity (Wildman–Crippen MR) is 84.2 cm³/mol. The second-order valence-corrected chi connectivity index (χ2v) is 8.34. The van der Waals surface area contributed by atoms with E-state index in [4.69, 9.17) is 0 Å². The Bertz CT molecular complexity index is 815. The number of aryl methyl sites for hydroxylation is 1. The molecular weight excluding hydrogens is 344 g/mol. The minimum Gasteiger partial charge on any atom is -0.345 e. The van der Waals surface area contributed by atoms with Crippen LogP contribution < -0.4 is 4.90 Å². The van der Waals surface area contributed by atoms with E-state index in [-0.39, 0.29) is 13.1 Å². The third-order valence-electron chi connectivity index (χ3n) is 3.63. The van der Waals surface area contributed by atoms with E-state index in [0.29, 0.717) is 13.1 Å².